The van der Waals surface area contributed by atoms with E-state index in [4.69, 9.17) is 5.11 Å². The van der Waals surface area contributed by atoms with E-state index in [-0.39, 0.29) is 0 Å². The van der Waals surface area contributed by atoms with Gasteiger partial charge >= 0.3 is 12.0 Å². The first-order chi connectivity index (χ1) is 8.82. The fourth-order valence-electron chi connectivity index (χ4n) is 1.21. The Morgan fingerprint density at radius 2 is 1.74 bits per heavy atom. The zero-order chi connectivity index (χ0) is 14.8. The van der Waals surface area contributed by atoms with Crippen molar-refractivity contribution in [1.29, 1.82) is 0 Å². The zero-order valence-electron chi connectivity index (χ0n) is 11.5. The summed E-state index contributed by atoms with van der Waals surface area (Å²) in [4.78, 5) is 36.3. The number of hydrogen-bond donors (Lipinski definition) is 2. The van der Waals surface area contributed by atoms with Crippen molar-refractivity contribution < 1.29 is 24.2 Å². The van der Waals surface area contributed by atoms with Crippen molar-refractivity contribution in [3.8, 4) is 0 Å². The van der Waals surface area contributed by atoms with Crippen molar-refractivity contribution >= 4 is 17.9 Å². The highest BCUT2D eigenvalue weighted by Gasteiger charge is 2.12. The second kappa shape index (κ2) is 9.29. The summed E-state index contributed by atoms with van der Waals surface area (Å²) in [6.45, 7) is 0.338. The van der Waals surface area contributed by atoms with Crippen LogP contribution >= 0.6 is 0 Å². The Bertz CT molecular complexity index is 319. The molecule has 0 saturated carbocycles. The van der Waals surface area contributed by atoms with Gasteiger partial charge in [-0.15, -0.1) is 0 Å². The summed E-state index contributed by atoms with van der Waals surface area (Å²) in [6.07, 6.45) is 0.792. The number of urea groups is 1. The summed E-state index contributed by atoms with van der Waals surface area (Å²) in [5, 5.41) is 10.4. The molecular weight excluding hydrogens is 254 g/mol. The van der Waals surface area contributed by atoms with Crippen LogP contribution in [0.15, 0.2) is 0 Å². The maximum absolute atomic E-state index is 11.5. The molecule has 0 rings (SSSR count). The molecule has 0 unspecified atom stereocenters. The molecule has 0 aliphatic rings. The number of carbonyl (C=O) groups is 3. The van der Waals surface area contributed by atoms with Crippen LogP contribution in [0.2, 0.25) is 0 Å². The first kappa shape index (κ1) is 17.3. The standard InChI is InChI=1S/C11H21N3O5/c1-13(2)5-4-6-14(3)11(18)12-9(15)7-19-8-10(16)17/h4-8H2,1-3H3,(H,16,17)(H,12,15,18). The number of ether oxygens (including phenoxy) is 1. The summed E-state index contributed by atoms with van der Waals surface area (Å²) in [5.41, 5.74) is 0. The maximum atomic E-state index is 11.5. The zero-order valence-corrected chi connectivity index (χ0v) is 11.5. The van der Waals surface area contributed by atoms with Crippen LogP contribution in [0, 0.1) is 0 Å². The van der Waals surface area contributed by atoms with E-state index in [0.29, 0.717) is 6.54 Å². The molecule has 19 heavy (non-hydrogen) atoms. The molecule has 8 nitrogen and oxygen atoms in total. The summed E-state index contributed by atoms with van der Waals surface area (Å²) in [5.74, 6) is -1.83. The molecule has 0 fully saturated rings. The Morgan fingerprint density at radius 1 is 1.11 bits per heavy atom. The molecule has 0 atom stereocenters. The highest BCUT2D eigenvalue weighted by atomic mass is 16.5. The minimum absolute atomic E-state index is 0.455. The minimum atomic E-state index is -1.17. The van der Waals surface area contributed by atoms with Crippen molar-refractivity contribution in [2.75, 3.05) is 47.4 Å². The largest absolute Gasteiger partial charge is 0.480 e. The van der Waals surface area contributed by atoms with E-state index in [1.54, 1.807) is 7.05 Å². The van der Waals surface area contributed by atoms with E-state index in [0.717, 1.165) is 13.0 Å². The molecule has 110 valence electrons. The molecule has 3 amide bonds. The number of imide groups is 1. The quantitative estimate of drug-likeness (QED) is 0.602. The minimum Gasteiger partial charge on any atom is -0.480 e. The Morgan fingerprint density at radius 3 is 2.26 bits per heavy atom. The van der Waals surface area contributed by atoms with Gasteiger partial charge in [0.25, 0.3) is 5.91 Å². The van der Waals surface area contributed by atoms with Crippen molar-refractivity contribution in [2.24, 2.45) is 0 Å². The molecule has 0 heterocycles. The number of amides is 3. The third-order valence-electron chi connectivity index (χ3n) is 2.15. The van der Waals surface area contributed by atoms with E-state index in [2.05, 4.69) is 10.1 Å². The molecule has 0 aromatic rings. The van der Waals surface area contributed by atoms with Crippen LogP contribution in [0.3, 0.4) is 0 Å². The van der Waals surface area contributed by atoms with Crippen LogP contribution in [-0.4, -0.2) is 80.3 Å². The number of carbonyl (C=O) groups excluding carboxylic acids is 2. The van der Waals surface area contributed by atoms with Gasteiger partial charge in [0.15, 0.2) is 0 Å². The normalized spacial score (nSPS) is 10.3. The number of nitrogens with one attached hydrogen (secondary N) is 1. The molecule has 0 saturated heterocycles. The lowest BCUT2D eigenvalue weighted by atomic mass is 10.4. The number of hydrogen-bond acceptors (Lipinski definition) is 5. The molecule has 0 aromatic carbocycles. The first-order valence-electron chi connectivity index (χ1n) is 5.82. The van der Waals surface area contributed by atoms with Crippen LogP contribution in [0.5, 0.6) is 0 Å². The van der Waals surface area contributed by atoms with E-state index in [1.165, 1.54) is 4.90 Å². The smallest absolute Gasteiger partial charge is 0.329 e. The lowest BCUT2D eigenvalue weighted by Crippen LogP contribution is -2.43. The van der Waals surface area contributed by atoms with Crippen molar-refractivity contribution in [1.82, 2.24) is 15.1 Å². The Kier molecular flexibility index (Phi) is 8.47. The van der Waals surface area contributed by atoms with Gasteiger partial charge in [-0.05, 0) is 27.1 Å². The summed E-state index contributed by atoms with van der Waals surface area (Å²) in [7, 11) is 5.45. The summed E-state index contributed by atoms with van der Waals surface area (Å²) >= 11 is 0. The summed E-state index contributed by atoms with van der Waals surface area (Å²) in [6, 6.07) is -0.525. The average molecular weight is 275 g/mol. The topological polar surface area (TPSA) is 99.2 Å². The SMILES string of the molecule is CN(C)CCCN(C)C(=O)NC(=O)COCC(=O)O. The average Bonchev–Trinajstić information content (AvgIpc) is 2.27. The fourth-order valence-corrected chi connectivity index (χ4v) is 1.21. The van der Waals surface area contributed by atoms with Gasteiger partial charge in [-0.2, -0.15) is 0 Å². The molecular formula is C11H21N3O5. The number of rotatable bonds is 8. The number of carboxylic acid groups (broad SMARTS) is 1. The van der Waals surface area contributed by atoms with Crippen LogP contribution in [0.4, 0.5) is 4.79 Å². The van der Waals surface area contributed by atoms with E-state index in [1.807, 2.05) is 19.0 Å². The van der Waals surface area contributed by atoms with Crippen molar-refractivity contribution in [3.63, 3.8) is 0 Å². The van der Waals surface area contributed by atoms with Gasteiger partial charge in [0.05, 0.1) is 0 Å². The molecule has 8 heteroatoms. The molecule has 0 bridgehead atoms. The first-order valence-corrected chi connectivity index (χ1v) is 5.82. The second-order valence-corrected chi connectivity index (χ2v) is 4.32. The lowest BCUT2D eigenvalue weighted by molar-refractivity contribution is -0.143. The van der Waals surface area contributed by atoms with Crippen LogP contribution in [0.1, 0.15) is 6.42 Å². The highest BCUT2D eigenvalue weighted by Crippen LogP contribution is 1.90. The predicted molar refractivity (Wildman–Crippen MR) is 67.8 cm³/mol. The summed E-state index contributed by atoms with van der Waals surface area (Å²) < 4.78 is 4.56. The van der Waals surface area contributed by atoms with E-state index in [9.17, 15) is 14.4 Å². The highest BCUT2D eigenvalue weighted by molar-refractivity contribution is 5.94. The monoisotopic (exact) mass is 275 g/mol. The van der Waals surface area contributed by atoms with Gasteiger partial charge in [0, 0.05) is 13.6 Å². The molecule has 2 N–H and O–H groups in total. The van der Waals surface area contributed by atoms with Gasteiger partial charge in [-0.1, -0.05) is 0 Å². The van der Waals surface area contributed by atoms with Gasteiger partial charge in [-0.25, -0.2) is 9.59 Å². The van der Waals surface area contributed by atoms with Crippen molar-refractivity contribution in [2.45, 2.75) is 6.42 Å². The maximum Gasteiger partial charge on any atom is 0.329 e. The Balaban J connectivity index is 3.81. The molecule has 0 spiro atoms. The van der Waals surface area contributed by atoms with Crippen molar-refractivity contribution in [3.05, 3.63) is 0 Å². The molecule has 0 aliphatic heterocycles. The third kappa shape index (κ3) is 9.98. The molecule has 0 radical (unpaired) electrons. The number of carboxylic acids is 1. The number of aliphatic carboxylic acids is 1. The Hall–Kier alpha value is -1.67. The van der Waals surface area contributed by atoms with Gasteiger partial charge in [0.1, 0.15) is 13.2 Å². The van der Waals surface area contributed by atoms with E-state index < -0.39 is 31.1 Å². The third-order valence-corrected chi connectivity index (χ3v) is 2.15. The fraction of sp³-hybridized carbons (Fsp3) is 0.727. The number of nitrogens with zero attached hydrogens (tertiary/aromatic N) is 2. The molecule has 0 aromatic heterocycles. The van der Waals surface area contributed by atoms with Gasteiger partial charge < -0.3 is 19.6 Å². The Labute approximate surface area is 112 Å². The van der Waals surface area contributed by atoms with Gasteiger partial charge in [-0.3, -0.25) is 10.1 Å². The van der Waals surface area contributed by atoms with Gasteiger partial charge in [0.2, 0.25) is 0 Å². The van der Waals surface area contributed by atoms with Crippen LogP contribution in [0.25, 0.3) is 0 Å². The van der Waals surface area contributed by atoms with Crippen LogP contribution < -0.4 is 5.32 Å². The lowest BCUT2D eigenvalue weighted by Gasteiger charge is -2.18. The van der Waals surface area contributed by atoms with E-state index >= 15 is 0 Å². The van der Waals surface area contributed by atoms with Crippen LogP contribution in [-0.2, 0) is 14.3 Å². The molecule has 0 aliphatic carbocycles. The second-order valence-electron chi connectivity index (χ2n) is 4.32. The predicted octanol–water partition coefficient (Wildman–Crippen LogP) is -0.793.